The van der Waals surface area contributed by atoms with Crippen LogP contribution in [0.15, 0.2) is 46.6 Å². The van der Waals surface area contributed by atoms with Gasteiger partial charge in [0.15, 0.2) is 24.1 Å². The van der Waals surface area contributed by atoms with E-state index in [-0.39, 0.29) is 106 Å². The highest BCUT2D eigenvalue weighted by molar-refractivity contribution is 6.32. The fraction of sp³-hybridized carbons (Fsp3) is 0.484. The van der Waals surface area contributed by atoms with E-state index in [9.17, 15) is 69.6 Å². The van der Waals surface area contributed by atoms with Crippen LogP contribution in [0.3, 0.4) is 0 Å². The second-order valence-corrected chi connectivity index (χ2v) is 23.5. The molecular formula is C62H72N6O20. The fourth-order valence-corrected chi connectivity index (χ4v) is 12.9. The number of fused-ring (bicyclic) bond motifs is 6. The molecule has 2 saturated heterocycles. The number of aliphatic hydroxyl groups excluding tert-OH is 2. The molecule has 12 atom stereocenters. The molecule has 2 heterocycles. The zero-order chi connectivity index (χ0) is 63.6. The summed E-state index contributed by atoms with van der Waals surface area (Å²) < 4.78 is 35.3. The van der Waals surface area contributed by atoms with Crippen LogP contribution in [0.25, 0.3) is 0 Å². The Kier molecular flexibility index (Phi) is 17.7. The number of hydrogen-bond donors (Lipinski definition) is 12. The van der Waals surface area contributed by atoms with Crippen LogP contribution in [0.5, 0.6) is 34.5 Å². The number of amides is 2. The van der Waals surface area contributed by atoms with Gasteiger partial charge in [-0.2, -0.15) is 10.2 Å². The number of phenols is 4. The molecule has 0 spiro atoms. The van der Waals surface area contributed by atoms with Crippen LogP contribution in [0.1, 0.15) is 190 Å². The molecule has 14 N–H and O–H groups in total. The molecule has 4 aromatic rings. The molecule has 2 fully saturated rings. The average Bonchev–Trinajstić information content (AvgIpc) is 0.992. The number of phenolic OH excluding ortho intramolecular Hbond substituents is 4. The minimum absolute atomic E-state index is 0.0122. The SMILES string of the molecule is COc1cccc2c1C(=O)c1c(O)c3c(c(O)c1C2=O)CC(O)(/C(C)=N/NC(=O)CCCCCCC(=O)N/N=C(\C)C1(O)Cc2c(O)c4c(c(O)c2C(OC2CC(N)C(O)C(C)O2)C1)C(=O)c1c(OC)cccc1C4=O)CC3OC1CC(N)C(O)C(C)O1. The van der Waals surface area contributed by atoms with Crippen LogP contribution in [-0.4, -0.2) is 162 Å². The summed E-state index contributed by atoms with van der Waals surface area (Å²) in [4.78, 5) is 82.7. The Hall–Kier alpha value is -7.76. The van der Waals surface area contributed by atoms with E-state index in [0.29, 0.717) is 25.7 Å². The highest BCUT2D eigenvalue weighted by Gasteiger charge is 2.52. The Morgan fingerprint density at radius 2 is 0.943 bits per heavy atom. The number of aliphatic hydroxyl groups is 4. The summed E-state index contributed by atoms with van der Waals surface area (Å²) in [5, 5.41) is 102. The number of benzene rings is 4. The van der Waals surface area contributed by atoms with E-state index in [0.717, 1.165) is 0 Å². The topological polar surface area (TPSA) is 420 Å². The van der Waals surface area contributed by atoms with Gasteiger partial charge in [0.1, 0.15) is 45.7 Å². The Morgan fingerprint density at radius 3 is 1.30 bits per heavy atom. The lowest BCUT2D eigenvalue weighted by Crippen LogP contribution is -2.52. The van der Waals surface area contributed by atoms with Crippen molar-refractivity contribution in [2.75, 3.05) is 14.2 Å². The molecule has 26 heteroatoms. The largest absolute Gasteiger partial charge is 0.507 e. The van der Waals surface area contributed by atoms with Gasteiger partial charge in [-0.15, -0.1) is 0 Å². The van der Waals surface area contributed by atoms with E-state index in [2.05, 4.69) is 21.1 Å². The zero-order valence-electron chi connectivity index (χ0n) is 49.2. The van der Waals surface area contributed by atoms with Gasteiger partial charge >= 0.3 is 0 Å². The van der Waals surface area contributed by atoms with E-state index >= 15 is 0 Å². The molecule has 10 rings (SSSR count). The zero-order valence-corrected chi connectivity index (χ0v) is 49.2. The first-order chi connectivity index (χ1) is 41.7. The third-order valence-corrected chi connectivity index (χ3v) is 17.9. The predicted molar refractivity (Wildman–Crippen MR) is 310 cm³/mol. The summed E-state index contributed by atoms with van der Waals surface area (Å²) in [6.07, 6.45) is -8.46. The van der Waals surface area contributed by atoms with Crippen LogP contribution >= 0.6 is 0 Å². The van der Waals surface area contributed by atoms with Crippen LogP contribution in [0, 0.1) is 0 Å². The van der Waals surface area contributed by atoms with Crippen molar-refractivity contribution in [1.29, 1.82) is 0 Å². The van der Waals surface area contributed by atoms with Gasteiger partial charge in [-0.1, -0.05) is 37.1 Å². The minimum Gasteiger partial charge on any atom is -0.507 e. The number of aromatic hydroxyl groups is 4. The van der Waals surface area contributed by atoms with Gasteiger partial charge in [-0.3, -0.25) is 28.8 Å². The van der Waals surface area contributed by atoms with E-state index < -0.39 is 166 Å². The Bertz CT molecular complexity index is 3350. The maximum absolute atomic E-state index is 14.1. The third-order valence-electron chi connectivity index (χ3n) is 17.9. The molecule has 88 heavy (non-hydrogen) atoms. The maximum atomic E-state index is 14.1. The van der Waals surface area contributed by atoms with E-state index in [1.807, 2.05) is 0 Å². The van der Waals surface area contributed by atoms with E-state index in [1.54, 1.807) is 13.8 Å². The highest BCUT2D eigenvalue weighted by Crippen LogP contribution is 2.55. The lowest BCUT2D eigenvalue weighted by Gasteiger charge is -2.42. The van der Waals surface area contributed by atoms with Crippen molar-refractivity contribution in [2.45, 2.75) is 177 Å². The first kappa shape index (κ1) is 63.3. The molecule has 12 unspecified atom stereocenters. The number of nitrogens with two attached hydrogens (primary N) is 2. The van der Waals surface area contributed by atoms with Crippen molar-refractivity contribution >= 4 is 46.4 Å². The van der Waals surface area contributed by atoms with Crippen molar-refractivity contribution < 1.29 is 98.0 Å². The maximum Gasteiger partial charge on any atom is 0.240 e. The average molecular weight is 1220 g/mol. The number of ether oxygens (including phenoxy) is 6. The molecule has 470 valence electrons. The number of ketones is 4. The van der Waals surface area contributed by atoms with Crippen molar-refractivity contribution in [3.05, 3.63) is 103 Å². The minimum atomic E-state index is -2.00. The Morgan fingerprint density at radius 1 is 0.580 bits per heavy atom. The number of carbonyl (C=O) groups is 6. The Balaban J connectivity index is 0.774. The number of methoxy groups -OCH3 is 2. The number of hydrogen-bond acceptors (Lipinski definition) is 24. The Labute approximate surface area is 504 Å². The first-order valence-electron chi connectivity index (χ1n) is 29.1. The summed E-state index contributed by atoms with van der Waals surface area (Å²) in [6.45, 7) is 6.04. The molecular weight excluding hydrogens is 1150 g/mol. The van der Waals surface area contributed by atoms with Gasteiger partial charge in [0.05, 0.1) is 95.6 Å². The van der Waals surface area contributed by atoms with Gasteiger partial charge in [0.25, 0.3) is 0 Å². The van der Waals surface area contributed by atoms with Gasteiger partial charge < -0.3 is 80.7 Å². The molecule has 0 aromatic heterocycles. The van der Waals surface area contributed by atoms with E-state index in [4.69, 9.17) is 39.9 Å². The quantitative estimate of drug-likeness (QED) is 0.0270. The normalized spacial score (nSPS) is 28.4. The summed E-state index contributed by atoms with van der Waals surface area (Å²) in [5.41, 5.74) is 10.5. The number of carbonyl (C=O) groups excluding carboxylic acids is 6. The number of hydrazone groups is 2. The van der Waals surface area contributed by atoms with Crippen LogP contribution < -0.4 is 31.8 Å². The molecule has 6 aliphatic rings. The van der Waals surface area contributed by atoms with Crippen molar-refractivity contribution in [1.82, 2.24) is 10.9 Å². The van der Waals surface area contributed by atoms with Gasteiger partial charge in [-0.25, -0.2) is 10.9 Å². The highest BCUT2D eigenvalue weighted by atomic mass is 16.7. The third kappa shape index (κ3) is 11.3. The lowest BCUT2D eigenvalue weighted by molar-refractivity contribution is -0.246. The number of nitrogens with one attached hydrogen (secondary N) is 2. The lowest BCUT2D eigenvalue weighted by atomic mass is 9.71. The summed E-state index contributed by atoms with van der Waals surface area (Å²) >= 11 is 0. The van der Waals surface area contributed by atoms with Gasteiger partial charge in [0.2, 0.25) is 23.4 Å². The van der Waals surface area contributed by atoms with Crippen molar-refractivity contribution in [2.24, 2.45) is 21.7 Å². The molecule has 0 bridgehead atoms. The molecule has 2 aliphatic heterocycles. The number of rotatable bonds is 17. The van der Waals surface area contributed by atoms with Crippen molar-refractivity contribution in [3.8, 4) is 34.5 Å². The number of nitrogens with zero attached hydrogens (tertiary/aromatic N) is 2. The van der Waals surface area contributed by atoms with Crippen LogP contribution in [-0.2, 0) is 41.4 Å². The van der Waals surface area contributed by atoms with E-state index in [1.165, 1.54) is 64.5 Å². The van der Waals surface area contributed by atoms with Crippen LogP contribution in [0.2, 0.25) is 0 Å². The summed E-state index contributed by atoms with van der Waals surface area (Å²) in [6, 6.07) is 7.17. The molecule has 0 radical (unpaired) electrons. The second-order valence-electron chi connectivity index (χ2n) is 23.5. The van der Waals surface area contributed by atoms with Crippen LogP contribution in [0.4, 0.5) is 0 Å². The second kappa shape index (κ2) is 24.7. The predicted octanol–water partition coefficient (Wildman–Crippen LogP) is 3.22. The summed E-state index contributed by atoms with van der Waals surface area (Å²) in [7, 11) is 2.64. The molecule has 26 nitrogen and oxygen atoms in total. The molecule has 4 aromatic carbocycles. The fourth-order valence-electron chi connectivity index (χ4n) is 12.9. The molecule has 0 saturated carbocycles. The first-order valence-corrected chi connectivity index (χ1v) is 29.1. The smallest absolute Gasteiger partial charge is 0.240 e. The standard InChI is InChI=1S/C62H72N6O20/c1-25-51(71)33(63)19-41(85-25)87-37-23-61(81,21-31-45(37)59(79)49-47(55(31)75)53(73)29-13-11-15-35(83-5)43(29)57(49)77)27(3)65-67-39(69)17-9-7-8-10-18-40(70)68-66-28(4)62(82)22-32-46(38(24-62)88-42-20-34(64)52(72)26(2)86-42)60(80)50-48(56(32)76)54(74)30-14-12-16-36(84-6)44(30)58(50)78/h11-16,25-26,33-34,37-38,41-42,51-52,71-72,75-76,79-82H,7-10,17-24,63-64H2,1-6H3,(H,67,69)(H,68,70)/b65-27+,66-28+. The van der Waals surface area contributed by atoms with Gasteiger partial charge in [-0.05, 0) is 52.7 Å². The van der Waals surface area contributed by atoms with Gasteiger partial charge in [0, 0.05) is 96.8 Å². The van der Waals surface area contributed by atoms with Crippen molar-refractivity contribution in [3.63, 3.8) is 0 Å². The monoisotopic (exact) mass is 1220 g/mol. The number of unbranched alkanes of at least 4 members (excludes halogenated alkanes) is 3. The molecule has 4 aliphatic carbocycles. The molecule has 2 amide bonds. The summed E-state index contributed by atoms with van der Waals surface area (Å²) in [5.74, 6) is -6.73.